The van der Waals surface area contributed by atoms with Crippen LogP contribution in [0.3, 0.4) is 0 Å². The molecule has 0 saturated heterocycles. The molecule has 0 atom stereocenters. The number of amides is 1. The van der Waals surface area contributed by atoms with Crippen LogP contribution in [-0.4, -0.2) is 23.1 Å². The molecule has 27 heavy (non-hydrogen) atoms. The highest BCUT2D eigenvalue weighted by Gasteiger charge is 2.06. The second kappa shape index (κ2) is 8.53. The topological polar surface area (TPSA) is 83.5 Å². The number of benzene rings is 2. The first kappa shape index (κ1) is 18.0. The van der Waals surface area contributed by atoms with Crippen molar-refractivity contribution in [3.8, 4) is 11.5 Å². The molecule has 1 amide bonds. The van der Waals surface area contributed by atoms with Crippen molar-refractivity contribution in [1.29, 1.82) is 0 Å². The molecule has 3 N–H and O–H groups in total. The van der Waals surface area contributed by atoms with Crippen molar-refractivity contribution in [2.75, 3.05) is 17.7 Å². The summed E-state index contributed by atoms with van der Waals surface area (Å²) in [5, 5.41) is 15.3. The summed E-state index contributed by atoms with van der Waals surface area (Å²) >= 11 is 0. The number of phenols is 1. The molecule has 0 saturated carbocycles. The minimum Gasteiger partial charge on any atom is -0.508 e. The largest absolute Gasteiger partial charge is 0.508 e. The van der Waals surface area contributed by atoms with Gasteiger partial charge >= 0.3 is 0 Å². The van der Waals surface area contributed by atoms with Crippen molar-refractivity contribution in [2.45, 2.75) is 0 Å². The number of hydrogen-bond donors (Lipinski definition) is 3. The fourth-order valence-electron chi connectivity index (χ4n) is 2.38. The van der Waals surface area contributed by atoms with Gasteiger partial charge in [0.2, 0.25) is 5.91 Å². The number of aromatic hydroxyl groups is 1. The Morgan fingerprint density at radius 3 is 2.70 bits per heavy atom. The number of nitrogens with zero attached hydrogens (tertiary/aromatic N) is 1. The molecule has 6 heteroatoms. The summed E-state index contributed by atoms with van der Waals surface area (Å²) in [7, 11) is 1.60. The van der Waals surface area contributed by atoms with Gasteiger partial charge in [0.05, 0.1) is 12.8 Å². The maximum atomic E-state index is 12.3. The van der Waals surface area contributed by atoms with Gasteiger partial charge in [0.15, 0.2) is 5.82 Å². The molecule has 1 heterocycles. The Bertz CT molecular complexity index is 953. The standard InChI is InChI=1S/C21H19N3O3/c1-27-18-5-2-4-15(14-18)7-12-20(26)24-19-6-3-13-22-21(19)23-16-8-10-17(25)11-9-16/h2-14,25H,1H3,(H,22,23)(H,24,26)/b12-7+. The van der Waals surface area contributed by atoms with E-state index < -0.39 is 0 Å². The van der Waals surface area contributed by atoms with E-state index in [0.717, 1.165) is 17.0 Å². The zero-order valence-corrected chi connectivity index (χ0v) is 14.7. The Kier molecular flexibility index (Phi) is 5.69. The Morgan fingerprint density at radius 2 is 1.93 bits per heavy atom. The first-order valence-electron chi connectivity index (χ1n) is 8.28. The summed E-state index contributed by atoms with van der Waals surface area (Å²) in [6.07, 6.45) is 4.79. The third-order valence-electron chi connectivity index (χ3n) is 3.72. The third-order valence-corrected chi connectivity index (χ3v) is 3.72. The summed E-state index contributed by atoms with van der Waals surface area (Å²) in [5.41, 5.74) is 2.15. The van der Waals surface area contributed by atoms with Crippen LogP contribution < -0.4 is 15.4 Å². The van der Waals surface area contributed by atoms with Gasteiger partial charge in [-0.2, -0.15) is 0 Å². The van der Waals surface area contributed by atoms with E-state index in [1.165, 1.54) is 6.08 Å². The van der Waals surface area contributed by atoms with E-state index in [9.17, 15) is 9.90 Å². The molecular formula is C21H19N3O3. The van der Waals surface area contributed by atoms with Crippen LogP contribution in [0.2, 0.25) is 0 Å². The van der Waals surface area contributed by atoms with Crippen molar-refractivity contribution in [3.63, 3.8) is 0 Å². The number of carbonyl (C=O) groups is 1. The van der Waals surface area contributed by atoms with Gasteiger partial charge in [-0.25, -0.2) is 4.98 Å². The van der Waals surface area contributed by atoms with E-state index in [4.69, 9.17) is 4.74 Å². The fourth-order valence-corrected chi connectivity index (χ4v) is 2.38. The molecule has 3 rings (SSSR count). The molecule has 0 aliphatic carbocycles. The number of phenolic OH excluding ortho intramolecular Hbond substituents is 1. The highest BCUT2D eigenvalue weighted by Crippen LogP contribution is 2.24. The molecule has 3 aromatic rings. The second-order valence-electron chi connectivity index (χ2n) is 5.67. The lowest BCUT2D eigenvalue weighted by Crippen LogP contribution is -2.10. The van der Waals surface area contributed by atoms with Gasteiger partial charge in [0.1, 0.15) is 11.5 Å². The van der Waals surface area contributed by atoms with Crippen molar-refractivity contribution in [1.82, 2.24) is 4.98 Å². The lowest BCUT2D eigenvalue weighted by Gasteiger charge is -2.11. The van der Waals surface area contributed by atoms with Gasteiger partial charge in [0, 0.05) is 18.0 Å². The third kappa shape index (κ3) is 5.09. The summed E-state index contributed by atoms with van der Waals surface area (Å²) in [5.74, 6) is 1.13. The number of rotatable bonds is 6. The zero-order valence-electron chi connectivity index (χ0n) is 14.7. The second-order valence-corrected chi connectivity index (χ2v) is 5.67. The predicted octanol–water partition coefficient (Wildman–Crippen LogP) is 4.19. The van der Waals surface area contributed by atoms with Gasteiger partial charge in [-0.3, -0.25) is 4.79 Å². The zero-order chi connectivity index (χ0) is 19.1. The molecule has 0 bridgehead atoms. The summed E-state index contributed by atoms with van der Waals surface area (Å²) < 4.78 is 5.17. The number of methoxy groups -OCH3 is 1. The van der Waals surface area contributed by atoms with E-state index in [0.29, 0.717) is 11.5 Å². The average molecular weight is 361 g/mol. The molecule has 6 nitrogen and oxygen atoms in total. The fraction of sp³-hybridized carbons (Fsp3) is 0.0476. The molecule has 136 valence electrons. The molecule has 0 radical (unpaired) electrons. The van der Waals surface area contributed by atoms with E-state index in [1.807, 2.05) is 24.3 Å². The Hall–Kier alpha value is -3.80. The molecule has 2 aromatic carbocycles. The van der Waals surface area contributed by atoms with Crippen molar-refractivity contribution in [3.05, 3.63) is 78.5 Å². The Morgan fingerprint density at radius 1 is 1.11 bits per heavy atom. The van der Waals surface area contributed by atoms with Gasteiger partial charge < -0.3 is 20.5 Å². The van der Waals surface area contributed by atoms with Crippen LogP contribution in [0.25, 0.3) is 6.08 Å². The molecule has 0 aliphatic heterocycles. The lowest BCUT2D eigenvalue weighted by atomic mass is 10.2. The number of ether oxygens (including phenoxy) is 1. The van der Waals surface area contributed by atoms with Gasteiger partial charge in [-0.15, -0.1) is 0 Å². The average Bonchev–Trinajstić information content (AvgIpc) is 2.70. The van der Waals surface area contributed by atoms with Crippen molar-refractivity contribution >= 4 is 29.2 Å². The normalized spacial score (nSPS) is 10.6. The monoisotopic (exact) mass is 361 g/mol. The van der Waals surface area contributed by atoms with Crippen molar-refractivity contribution in [2.24, 2.45) is 0 Å². The van der Waals surface area contributed by atoms with Crippen LogP contribution in [-0.2, 0) is 4.79 Å². The predicted molar refractivity (Wildman–Crippen MR) is 106 cm³/mol. The Balaban J connectivity index is 1.70. The maximum Gasteiger partial charge on any atom is 0.248 e. The molecule has 0 aliphatic rings. The molecule has 1 aromatic heterocycles. The number of anilines is 3. The highest BCUT2D eigenvalue weighted by molar-refractivity contribution is 6.03. The molecule has 0 spiro atoms. The maximum absolute atomic E-state index is 12.3. The van der Waals surface area contributed by atoms with Gasteiger partial charge in [-0.1, -0.05) is 12.1 Å². The number of nitrogens with one attached hydrogen (secondary N) is 2. The first-order valence-corrected chi connectivity index (χ1v) is 8.28. The number of carbonyl (C=O) groups excluding carboxylic acids is 1. The first-order chi connectivity index (χ1) is 13.1. The SMILES string of the molecule is COc1cccc(/C=C/C(=O)Nc2cccnc2Nc2ccc(O)cc2)c1. The number of aromatic nitrogens is 1. The van der Waals surface area contributed by atoms with E-state index in [1.54, 1.807) is 55.8 Å². The minimum absolute atomic E-state index is 0.178. The summed E-state index contributed by atoms with van der Waals surface area (Å²) in [4.78, 5) is 16.5. The van der Waals surface area contributed by atoms with E-state index >= 15 is 0 Å². The number of pyridine rings is 1. The van der Waals surface area contributed by atoms with Crippen LogP contribution in [0.1, 0.15) is 5.56 Å². The van der Waals surface area contributed by atoms with Crippen LogP contribution >= 0.6 is 0 Å². The van der Waals surface area contributed by atoms with Gasteiger partial charge in [0.25, 0.3) is 0 Å². The van der Waals surface area contributed by atoms with E-state index in [2.05, 4.69) is 15.6 Å². The quantitative estimate of drug-likeness (QED) is 0.453. The minimum atomic E-state index is -0.278. The van der Waals surface area contributed by atoms with E-state index in [-0.39, 0.29) is 11.7 Å². The summed E-state index contributed by atoms with van der Waals surface area (Å²) in [6.45, 7) is 0. The number of hydrogen-bond acceptors (Lipinski definition) is 5. The van der Waals surface area contributed by atoms with Crippen LogP contribution in [0, 0.1) is 0 Å². The smallest absolute Gasteiger partial charge is 0.248 e. The molecular weight excluding hydrogens is 342 g/mol. The van der Waals surface area contributed by atoms with Crippen molar-refractivity contribution < 1.29 is 14.6 Å². The molecule has 0 unspecified atom stereocenters. The highest BCUT2D eigenvalue weighted by atomic mass is 16.5. The summed E-state index contributed by atoms with van der Waals surface area (Å²) in [6, 6.07) is 17.5. The lowest BCUT2D eigenvalue weighted by molar-refractivity contribution is -0.111. The Labute approximate surface area is 157 Å². The van der Waals surface area contributed by atoms with Crippen LogP contribution in [0.4, 0.5) is 17.2 Å². The molecule has 0 fully saturated rings. The van der Waals surface area contributed by atoms with Crippen LogP contribution in [0.15, 0.2) is 72.9 Å². The van der Waals surface area contributed by atoms with Gasteiger partial charge in [-0.05, 0) is 60.2 Å². The van der Waals surface area contributed by atoms with Crippen LogP contribution in [0.5, 0.6) is 11.5 Å².